The maximum absolute atomic E-state index is 10.9. The van der Waals surface area contributed by atoms with Crippen LogP contribution in [0.15, 0.2) is 0 Å². The minimum atomic E-state index is -1.03. The highest BCUT2D eigenvalue weighted by Crippen LogP contribution is 2.08. The SMILES string of the molecule is C#CC(C)(C)OC(=O)CCC(=O)O. The molecule has 0 aliphatic heterocycles. The number of hydrogen-bond donors (Lipinski definition) is 1. The maximum atomic E-state index is 10.9. The van der Waals surface area contributed by atoms with Gasteiger partial charge in [-0.1, -0.05) is 5.92 Å². The fourth-order valence-corrected chi connectivity index (χ4v) is 0.574. The number of carboxylic acid groups (broad SMARTS) is 1. The normalized spacial score (nSPS) is 10.2. The second-order valence-corrected chi connectivity index (χ2v) is 3.02. The van der Waals surface area contributed by atoms with E-state index in [-0.39, 0.29) is 12.8 Å². The number of carbonyl (C=O) groups excluding carboxylic acids is 1. The van der Waals surface area contributed by atoms with E-state index in [1.165, 1.54) is 0 Å². The van der Waals surface area contributed by atoms with Crippen LogP contribution in [0.3, 0.4) is 0 Å². The second-order valence-electron chi connectivity index (χ2n) is 3.02. The summed E-state index contributed by atoms with van der Waals surface area (Å²) in [6, 6.07) is 0. The van der Waals surface area contributed by atoms with Gasteiger partial charge in [0.2, 0.25) is 0 Å². The fourth-order valence-electron chi connectivity index (χ4n) is 0.574. The number of carboxylic acids is 1. The fraction of sp³-hybridized carbons (Fsp3) is 0.556. The number of aliphatic carboxylic acids is 1. The van der Waals surface area contributed by atoms with Crippen molar-refractivity contribution < 1.29 is 19.4 Å². The highest BCUT2D eigenvalue weighted by molar-refractivity contribution is 5.76. The van der Waals surface area contributed by atoms with Crippen LogP contribution in [0.2, 0.25) is 0 Å². The molecule has 0 rings (SSSR count). The Morgan fingerprint density at radius 1 is 1.46 bits per heavy atom. The Hall–Kier alpha value is -1.50. The molecule has 13 heavy (non-hydrogen) atoms. The average molecular weight is 184 g/mol. The topological polar surface area (TPSA) is 63.6 Å². The van der Waals surface area contributed by atoms with Crippen molar-refractivity contribution in [2.75, 3.05) is 0 Å². The van der Waals surface area contributed by atoms with Crippen LogP contribution in [0.5, 0.6) is 0 Å². The van der Waals surface area contributed by atoms with Gasteiger partial charge in [-0.2, -0.15) is 0 Å². The Morgan fingerprint density at radius 2 is 2.00 bits per heavy atom. The predicted molar refractivity (Wildman–Crippen MR) is 45.9 cm³/mol. The van der Waals surface area contributed by atoms with E-state index in [0.29, 0.717) is 0 Å². The van der Waals surface area contributed by atoms with Crippen LogP contribution in [0.25, 0.3) is 0 Å². The van der Waals surface area contributed by atoms with Gasteiger partial charge in [-0.25, -0.2) is 0 Å². The summed E-state index contributed by atoms with van der Waals surface area (Å²) in [7, 11) is 0. The van der Waals surface area contributed by atoms with Crippen LogP contribution in [-0.4, -0.2) is 22.6 Å². The zero-order valence-electron chi connectivity index (χ0n) is 7.66. The Kier molecular flexibility index (Phi) is 3.99. The van der Waals surface area contributed by atoms with Gasteiger partial charge in [0, 0.05) is 0 Å². The van der Waals surface area contributed by atoms with Gasteiger partial charge >= 0.3 is 11.9 Å². The molecular formula is C9H12O4. The third-order valence-corrected chi connectivity index (χ3v) is 1.26. The molecule has 0 aromatic carbocycles. The van der Waals surface area contributed by atoms with E-state index in [0.717, 1.165) is 0 Å². The molecule has 72 valence electrons. The first-order valence-corrected chi connectivity index (χ1v) is 3.79. The lowest BCUT2D eigenvalue weighted by Gasteiger charge is -2.17. The highest BCUT2D eigenvalue weighted by Gasteiger charge is 2.19. The number of rotatable bonds is 4. The molecule has 0 unspecified atom stereocenters. The summed E-state index contributed by atoms with van der Waals surface area (Å²) in [5.74, 6) is 0.645. The molecule has 0 atom stereocenters. The van der Waals surface area contributed by atoms with E-state index in [1.54, 1.807) is 13.8 Å². The van der Waals surface area contributed by atoms with Crippen molar-refractivity contribution in [1.29, 1.82) is 0 Å². The van der Waals surface area contributed by atoms with E-state index in [9.17, 15) is 9.59 Å². The highest BCUT2D eigenvalue weighted by atomic mass is 16.6. The van der Waals surface area contributed by atoms with Crippen molar-refractivity contribution in [3.8, 4) is 12.3 Å². The molecule has 0 heterocycles. The predicted octanol–water partition coefficient (Wildman–Crippen LogP) is 0.806. The molecule has 4 nitrogen and oxygen atoms in total. The second kappa shape index (κ2) is 4.51. The Labute approximate surface area is 76.9 Å². The van der Waals surface area contributed by atoms with E-state index >= 15 is 0 Å². The zero-order chi connectivity index (χ0) is 10.5. The lowest BCUT2D eigenvalue weighted by Crippen LogP contribution is -2.26. The molecule has 0 aliphatic rings. The summed E-state index contributed by atoms with van der Waals surface area (Å²) in [5, 5.41) is 8.27. The Bertz CT molecular complexity index is 247. The van der Waals surface area contributed by atoms with E-state index in [1.807, 2.05) is 0 Å². The van der Waals surface area contributed by atoms with Gasteiger partial charge in [-0.15, -0.1) is 6.42 Å². The molecule has 0 aromatic heterocycles. The molecule has 0 aromatic rings. The van der Waals surface area contributed by atoms with Crippen molar-refractivity contribution in [3.63, 3.8) is 0 Å². The molecule has 0 bridgehead atoms. The first-order chi connectivity index (χ1) is 5.87. The van der Waals surface area contributed by atoms with E-state index in [4.69, 9.17) is 16.3 Å². The van der Waals surface area contributed by atoms with E-state index < -0.39 is 17.5 Å². The summed E-state index contributed by atoms with van der Waals surface area (Å²) < 4.78 is 4.80. The van der Waals surface area contributed by atoms with Gasteiger partial charge in [-0.05, 0) is 13.8 Å². The van der Waals surface area contributed by atoms with Crippen LogP contribution in [-0.2, 0) is 14.3 Å². The molecule has 0 radical (unpaired) electrons. The van der Waals surface area contributed by atoms with Gasteiger partial charge in [-0.3, -0.25) is 9.59 Å². The van der Waals surface area contributed by atoms with Gasteiger partial charge in [0.15, 0.2) is 5.60 Å². The molecule has 0 saturated heterocycles. The van der Waals surface area contributed by atoms with Crippen molar-refractivity contribution in [2.24, 2.45) is 0 Å². The third kappa shape index (κ3) is 5.74. The average Bonchev–Trinajstić information content (AvgIpc) is 2.00. The zero-order valence-corrected chi connectivity index (χ0v) is 7.66. The van der Waals surface area contributed by atoms with Crippen molar-refractivity contribution >= 4 is 11.9 Å². The quantitative estimate of drug-likeness (QED) is 0.518. The lowest BCUT2D eigenvalue weighted by atomic mass is 10.1. The summed E-state index contributed by atoms with van der Waals surface area (Å²) in [4.78, 5) is 21.0. The molecule has 0 spiro atoms. The Balaban J connectivity index is 3.90. The smallest absolute Gasteiger partial charge is 0.307 e. The molecule has 0 aliphatic carbocycles. The standard InChI is InChI=1S/C9H12O4/c1-4-9(2,3)13-8(12)6-5-7(10)11/h1H,5-6H2,2-3H3,(H,10,11). The minimum Gasteiger partial charge on any atom is -0.481 e. The molecule has 0 amide bonds. The van der Waals surface area contributed by atoms with Gasteiger partial charge in [0.1, 0.15) is 0 Å². The molecule has 1 N–H and O–H groups in total. The van der Waals surface area contributed by atoms with Crippen LogP contribution in [0.4, 0.5) is 0 Å². The van der Waals surface area contributed by atoms with E-state index in [2.05, 4.69) is 5.92 Å². The van der Waals surface area contributed by atoms with Crippen molar-refractivity contribution in [1.82, 2.24) is 0 Å². The number of esters is 1. The molecule has 0 saturated carbocycles. The first kappa shape index (κ1) is 11.5. The lowest BCUT2D eigenvalue weighted by molar-refractivity contribution is -0.154. The molecular weight excluding hydrogens is 172 g/mol. The van der Waals surface area contributed by atoms with Crippen molar-refractivity contribution in [2.45, 2.75) is 32.3 Å². The maximum Gasteiger partial charge on any atom is 0.307 e. The van der Waals surface area contributed by atoms with Crippen LogP contribution in [0.1, 0.15) is 26.7 Å². The van der Waals surface area contributed by atoms with Crippen molar-refractivity contribution in [3.05, 3.63) is 0 Å². The largest absolute Gasteiger partial charge is 0.481 e. The minimum absolute atomic E-state index is 0.152. The first-order valence-electron chi connectivity index (χ1n) is 3.79. The third-order valence-electron chi connectivity index (χ3n) is 1.26. The molecule has 4 heteroatoms. The number of ether oxygens (including phenoxy) is 1. The summed E-state index contributed by atoms with van der Waals surface area (Å²) in [6.07, 6.45) is 4.68. The van der Waals surface area contributed by atoms with Crippen LogP contribution < -0.4 is 0 Å². The van der Waals surface area contributed by atoms with Crippen LogP contribution >= 0.6 is 0 Å². The summed E-state index contributed by atoms with van der Waals surface area (Å²) in [5.41, 5.74) is -0.963. The van der Waals surface area contributed by atoms with Crippen LogP contribution in [0, 0.1) is 12.3 Å². The van der Waals surface area contributed by atoms with Gasteiger partial charge in [0.05, 0.1) is 12.8 Å². The van der Waals surface area contributed by atoms with Gasteiger partial charge in [0.25, 0.3) is 0 Å². The summed E-state index contributed by atoms with van der Waals surface area (Å²) in [6.45, 7) is 3.12. The number of terminal acetylenes is 1. The Morgan fingerprint density at radius 3 is 2.38 bits per heavy atom. The van der Waals surface area contributed by atoms with Gasteiger partial charge < -0.3 is 9.84 Å². The number of carbonyl (C=O) groups is 2. The molecule has 0 fully saturated rings. The monoisotopic (exact) mass is 184 g/mol. The number of hydrogen-bond acceptors (Lipinski definition) is 3. The summed E-state index contributed by atoms with van der Waals surface area (Å²) >= 11 is 0.